The van der Waals surface area contributed by atoms with E-state index in [4.69, 9.17) is 0 Å². The van der Waals surface area contributed by atoms with Crippen LogP contribution in [-0.2, 0) is 12.8 Å². The standard InChI is InChI=1S/C22H24N4/c1-15-10-12-25(13-11-15)22-17-7-3-2-6-16(17)18(14-23)21-24-19-8-4-5-9-20(19)26(21)22/h4-5,8-9,15H,2-3,6-7,10-13H2,1H3/p+1. The Hall–Kier alpha value is -2.54. The van der Waals surface area contributed by atoms with Crippen molar-refractivity contribution in [3.8, 4) is 6.07 Å². The number of aromatic amines is 1. The van der Waals surface area contributed by atoms with Crippen molar-refractivity contribution in [2.24, 2.45) is 5.92 Å². The van der Waals surface area contributed by atoms with Gasteiger partial charge >= 0.3 is 0 Å². The van der Waals surface area contributed by atoms with Crippen LogP contribution in [0, 0.1) is 17.2 Å². The first-order valence-corrected chi connectivity index (χ1v) is 9.93. The van der Waals surface area contributed by atoms with E-state index < -0.39 is 0 Å². The summed E-state index contributed by atoms with van der Waals surface area (Å²) >= 11 is 0. The van der Waals surface area contributed by atoms with Gasteiger partial charge < -0.3 is 0 Å². The van der Waals surface area contributed by atoms with Crippen molar-refractivity contribution < 1.29 is 4.40 Å². The second-order valence-electron chi connectivity index (χ2n) is 7.97. The Labute approximate surface area is 154 Å². The molecular weight excluding hydrogens is 320 g/mol. The highest BCUT2D eigenvalue weighted by Gasteiger charge is 2.33. The first-order chi connectivity index (χ1) is 12.8. The number of hydrogen-bond donors (Lipinski definition) is 1. The smallest absolute Gasteiger partial charge is 0.250 e. The second kappa shape index (κ2) is 6.02. The van der Waals surface area contributed by atoms with Gasteiger partial charge in [-0.2, -0.15) is 9.66 Å². The van der Waals surface area contributed by atoms with Crippen molar-refractivity contribution in [1.82, 2.24) is 4.98 Å². The molecule has 132 valence electrons. The molecule has 1 N–H and O–H groups in total. The van der Waals surface area contributed by atoms with Gasteiger partial charge in [0.1, 0.15) is 22.7 Å². The van der Waals surface area contributed by atoms with Gasteiger partial charge in [-0.25, -0.2) is 0 Å². The van der Waals surface area contributed by atoms with Crippen molar-refractivity contribution in [3.05, 3.63) is 41.0 Å². The number of rotatable bonds is 1. The molecule has 0 spiro atoms. The molecule has 0 unspecified atom stereocenters. The number of aromatic nitrogens is 2. The summed E-state index contributed by atoms with van der Waals surface area (Å²) in [7, 11) is 0. The summed E-state index contributed by atoms with van der Waals surface area (Å²) in [6.07, 6.45) is 7.03. The maximum absolute atomic E-state index is 9.96. The molecule has 3 aromatic rings. The number of imidazole rings is 1. The summed E-state index contributed by atoms with van der Waals surface area (Å²) in [5.74, 6) is 2.15. The van der Waals surface area contributed by atoms with Gasteiger partial charge in [-0.15, -0.1) is 0 Å². The van der Waals surface area contributed by atoms with Gasteiger partial charge in [0.2, 0.25) is 11.5 Å². The minimum atomic E-state index is 0.809. The Morgan fingerprint density at radius 3 is 2.62 bits per heavy atom. The minimum Gasteiger partial charge on any atom is -0.292 e. The predicted octanol–water partition coefficient (Wildman–Crippen LogP) is 3.89. The highest BCUT2D eigenvalue weighted by molar-refractivity contribution is 5.78. The summed E-state index contributed by atoms with van der Waals surface area (Å²) in [4.78, 5) is 6.13. The number of nitriles is 1. The van der Waals surface area contributed by atoms with Gasteiger partial charge in [-0.3, -0.25) is 9.88 Å². The predicted molar refractivity (Wildman–Crippen MR) is 103 cm³/mol. The SMILES string of the molecule is CC1CCN(c2c3c(c(C#N)c4[nH]c5ccccc5[n+]24)CCCC3)CC1. The van der Waals surface area contributed by atoms with Crippen LogP contribution in [-0.4, -0.2) is 18.1 Å². The summed E-state index contributed by atoms with van der Waals surface area (Å²) in [6.45, 7) is 4.59. The molecule has 0 bridgehead atoms. The van der Waals surface area contributed by atoms with E-state index in [2.05, 4.69) is 51.5 Å². The molecule has 0 atom stereocenters. The number of benzene rings is 1. The molecule has 1 fully saturated rings. The lowest BCUT2D eigenvalue weighted by Crippen LogP contribution is -2.42. The largest absolute Gasteiger partial charge is 0.292 e. The molecule has 3 heterocycles. The number of pyridine rings is 1. The van der Waals surface area contributed by atoms with E-state index in [1.165, 1.54) is 48.1 Å². The lowest BCUT2D eigenvalue weighted by Gasteiger charge is -2.31. The van der Waals surface area contributed by atoms with Gasteiger partial charge in [-0.05, 0) is 62.1 Å². The summed E-state index contributed by atoms with van der Waals surface area (Å²) in [5.41, 5.74) is 6.83. The topological polar surface area (TPSA) is 46.9 Å². The summed E-state index contributed by atoms with van der Waals surface area (Å²) in [5, 5.41) is 9.96. The molecule has 0 saturated carbocycles. The number of anilines is 1. The maximum atomic E-state index is 9.96. The zero-order chi connectivity index (χ0) is 17.7. The molecule has 5 rings (SSSR count). The van der Waals surface area contributed by atoms with Crippen molar-refractivity contribution in [3.63, 3.8) is 0 Å². The number of nitrogens with one attached hydrogen (secondary N) is 1. The van der Waals surface area contributed by atoms with E-state index in [1.54, 1.807) is 0 Å². The lowest BCUT2D eigenvalue weighted by molar-refractivity contribution is -0.468. The number of H-pyrrole nitrogens is 1. The third kappa shape index (κ3) is 2.23. The van der Waals surface area contributed by atoms with Crippen LogP contribution in [0.4, 0.5) is 5.82 Å². The molecule has 2 aromatic heterocycles. The third-order valence-corrected chi connectivity index (χ3v) is 6.30. The quantitative estimate of drug-likeness (QED) is 0.680. The number of fused-ring (bicyclic) bond motifs is 4. The van der Waals surface area contributed by atoms with Crippen LogP contribution in [0.25, 0.3) is 16.7 Å². The lowest BCUT2D eigenvalue weighted by atomic mass is 9.88. The van der Waals surface area contributed by atoms with Gasteiger partial charge in [0, 0.05) is 5.56 Å². The first kappa shape index (κ1) is 15.7. The number of hydrogen-bond acceptors (Lipinski definition) is 2. The minimum absolute atomic E-state index is 0.809. The fraction of sp³-hybridized carbons (Fsp3) is 0.455. The Bertz CT molecular complexity index is 1030. The van der Waals surface area contributed by atoms with Crippen molar-refractivity contribution >= 4 is 22.5 Å². The van der Waals surface area contributed by atoms with E-state index in [-0.39, 0.29) is 0 Å². The first-order valence-electron chi connectivity index (χ1n) is 9.93. The molecule has 0 amide bonds. The summed E-state index contributed by atoms with van der Waals surface area (Å²) < 4.78 is 2.34. The van der Waals surface area contributed by atoms with Crippen molar-refractivity contribution in [2.45, 2.75) is 45.4 Å². The molecule has 26 heavy (non-hydrogen) atoms. The van der Waals surface area contributed by atoms with E-state index in [0.717, 1.165) is 48.6 Å². The molecule has 4 nitrogen and oxygen atoms in total. The number of nitrogens with zero attached hydrogens (tertiary/aromatic N) is 3. The molecular formula is C22H25N4+. The molecule has 0 radical (unpaired) electrons. The van der Waals surface area contributed by atoms with Gasteiger partial charge in [0.25, 0.3) is 0 Å². The molecule has 2 aliphatic rings. The second-order valence-corrected chi connectivity index (χ2v) is 7.97. The van der Waals surface area contributed by atoms with E-state index in [1.807, 2.05) is 0 Å². The van der Waals surface area contributed by atoms with Crippen LogP contribution in [0.15, 0.2) is 24.3 Å². The Kier molecular flexibility index (Phi) is 3.63. The number of para-hydroxylation sites is 2. The molecule has 1 aromatic carbocycles. The monoisotopic (exact) mass is 345 g/mol. The summed E-state index contributed by atoms with van der Waals surface area (Å²) in [6, 6.07) is 11.0. The van der Waals surface area contributed by atoms with Crippen LogP contribution >= 0.6 is 0 Å². The van der Waals surface area contributed by atoms with E-state index in [0.29, 0.717) is 0 Å². The van der Waals surface area contributed by atoms with Gasteiger partial charge in [-0.1, -0.05) is 19.1 Å². The van der Waals surface area contributed by atoms with Crippen LogP contribution in [0.1, 0.15) is 49.3 Å². The molecule has 1 aliphatic carbocycles. The van der Waals surface area contributed by atoms with Crippen LogP contribution in [0.5, 0.6) is 0 Å². The fourth-order valence-corrected chi connectivity index (χ4v) is 4.85. The van der Waals surface area contributed by atoms with Crippen LogP contribution < -0.4 is 9.30 Å². The molecule has 1 saturated heterocycles. The van der Waals surface area contributed by atoms with Crippen LogP contribution in [0.2, 0.25) is 0 Å². The van der Waals surface area contributed by atoms with Crippen molar-refractivity contribution in [2.75, 3.05) is 18.0 Å². The Morgan fingerprint density at radius 1 is 1.12 bits per heavy atom. The highest BCUT2D eigenvalue weighted by Crippen LogP contribution is 2.34. The van der Waals surface area contributed by atoms with Crippen LogP contribution in [0.3, 0.4) is 0 Å². The van der Waals surface area contributed by atoms with Gasteiger partial charge in [0.15, 0.2) is 0 Å². The van der Waals surface area contributed by atoms with Gasteiger partial charge in [0.05, 0.1) is 13.1 Å². The zero-order valence-electron chi connectivity index (χ0n) is 15.4. The number of piperidine rings is 1. The van der Waals surface area contributed by atoms with E-state index in [9.17, 15) is 5.26 Å². The maximum Gasteiger partial charge on any atom is 0.250 e. The molecule has 1 aliphatic heterocycles. The van der Waals surface area contributed by atoms with Crippen molar-refractivity contribution in [1.29, 1.82) is 5.26 Å². The average molecular weight is 345 g/mol. The average Bonchev–Trinajstić information content (AvgIpc) is 3.06. The highest BCUT2D eigenvalue weighted by atomic mass is 15.2. The normalized spacial score (nSPS) is 18.2. The van der Waals surface area contributed by atoms with E-state index >= 15 is 0 Å². The zero-order valence-corrected chi connectivity index (χ0v) is 15.4. The molecule has 4 heteroatoms. The Morgan fingerprint density at radius 2 is 1.85 bits per heavy atom. The third-order valence-electron chi connectivity index (χ3n) is 6.30. The Balaban J connectivity index is 1.88. The fourth-order valence-electron chi connectivity index (χ4n) is 4.85.